The molecule has 1 aromatic carbocycles. The van der Waals surface area contributed by atoms with Crippen LogP contribution in [0.1, 0.15) is 35.7 Å². The largest absolute Gasteiger partial charge is 0.508 e. The molecule has 2 amide bonds. The fourth-order valence-corrected chi connectivity index (χ4v) is 5.87. The van der Waals surface area contributed by atoms with Crippen LogP contribution in [0.4, 0.5) is 5.69 Å². The minimum absolute atomic E-state index is 0.0357. The molecule has 1 saturated carbocycles. The lowest BCUT2D eigenvalue weighted by molar-refractivity contribution is -0.171. The van der Waals surface area contributed by atoms with Gasteiger partial charge in [-0.1, -0.05) is 6.07 Å². The summed E-state index contributed by atoms with van der Waals surface area (Å²) < 4.78 is 0. The lowest BCUT2D eigenvalue weighted by Gasteiger charge is -2.53. The Morgan fingerprint density at radius 3 is 2.42 bits per heavy atom. The number of nitrogens with two attached hydrogens (primary N) is 1. The van der Waals surface area contributed by atoms with Gasteiger partial charge in [-0.15, -0.1) is 0 Å². The minimum atomic E-state index is -2.68. The predicted octanol–water partition coefficient (Wildman–Crippen LogP) is -1.29. The summed E-state index contributed by atoms with van der Waals surface area (Å²) in [5.41, 5.74) is -0.113. The molecule has 0 bridgehead atoms. The Kier molecular flexibility index (Phi) is 5.99. The van der Waals surface area contributed by atoms with Gasteiger partial charge in [-0.05, 0) is 39.1 Å². The molecule has 12 nitrogen and oxygen atoms in total. The van der Waals surface area contributed by atoms with Gasteiger partial charge in [-0.25, -0.2) is 0 Å². The number of anilines is 1. The second-order valence-electron chi connectivity index (χ2n) is 10.2. The monoisotopic (exact) mass is 503 g/mol. The van der Waals surface area contributed by atoms with Crippen molar-refractivity contribution < 1.29 is 44.7 Å². The zero-order chi connectivity index (χ0) is 26.9. The molecule has 3 aliphatic rings. The number of primary amides is 1. The Bertz CT molecular complexity index is 1230. The minimum Gasteiger partial charge on any atom is -0.508 e. The van der Waals surface area contributed by atoms with E-state index in [1.807, 2.05) is 0 Å². The number of hydrogen-bond acceptors (Lipinski definition) is 10. The third kappa shape index (κ3) is 3.36. The molecule has 0 saturated heterocycles. The van der Waals surface area contributed by atoms with Crippen LogP contribution in [0, 0.1) is 11.8 Å². The summed E-state index contributed by atoms with van der Waals surface area (Å²) >= 11 is 0. The fourth-order valence-electron chi connectivity index (χ4n) is 5.87. The smallest absolute Gasteiger partial charge is 0.238 e. The number of benzene rings is 1. The molecular formula is C24H29N3O9. The molecule has 0 aromatic heterocycles. The molecular weight excluding hydrogens is 474 g/mol. The van der Waals surface area contributed by atoms with Crippen molar-refractivity contribution in [3.05, 3.63) is 34.6 Å². The zero-order valence-corrected chi connectivity index (χ0v) is 20.0. The number of aliphatic hydroxyl groups excluding tert-OH is 3. The number of aromatic hydroxyl groups is 1. The predicted molar refractivity (Wildman–Crippen MR) is 124 cm³/mol. The van der Waals surface area contributed by atoms with Crippen molar-refractivity contribution >= 4 is 29.1 Å². The lowest BCUT2D eigenvalue weighted by Crippen LogP contribution is -2.66. The van der Waals surface area contributed by atoms with Gasteiger partial charge < -0.3 is 41.5 Å². The molecule has 12 heteroatoms. The molecule has 0 aliphatic heterocycles. The third-order valence-corrected chi connectivity index (χ3v) is 7.67. The van der Waals surface area contributed by atoms with Crippen molar-refractivity contribution in [2.75, 3.05) is 26.0 Å². The van der Waals surface area contributed by atoms with Crippen molar-refractivity contribution in [2.24, 2.45) is 17.6 Å². The Labute approximate surface area is 206 Å². The maximum Gasteiger partial charge on any atom is 0.238 e. The van der Waals surface area contributed by atoms with E-state index in [9.17, 15) is 44.7 Å². The van der Waals surface area contributed by atoms with E-state index in [2.05, 4.69) is 5.32 Å². The highest BCUT2D eigenvalue weighted by molar-refractivity contribution is 6.18. The van der Waals surface area contributed by atoms with Crippen molar-refractivity contribution in [1.29, 1.82) is 0 Å². The molecule has 0 heterocycles. The Hall–Kier alpha value is -3.32. The highest BCUT2D eigenvalue weighted by atomic mass is 16.4. The second kappa shape index (κ2) is 8.37. The van der Waals surface area contributed by atoms with Gasteiger partial charge >= 0.3 is 0 Å². The van der Waals surface area contributed by atoms with E-state index in [0.29, 0.717) is 0 Å². The first-order chi connectivity index (χ1) is 16.7. The number of rotatable bonds is 4. The maximum atomic E-state index is 13.7. The molecule has 0 radical (unpaired) electrons. The van der Waals surface area contributed by atoms with Gasteiger partial charge in [-0.2, -0.15) is 0 Å². The number of aliphatic hydroxyl groups is 4. The molecule has 1 aromatic rings. The van der Waals surface area contributed by atoms with Gasteiger partial charge in [0.25, 0.3) is 0 Å². The second-order valence-corrected chi connectivity index (χ2v) is 10.2. The van der Waals surface area contributed by atoms with Crippen LogP contribution in [-0.2, 0) is 19.8 Å². The summed E-state index contributed by atoms with van der Waals surface area (Å²) in [5, 5.41) is 57.3. The van der Waals surface area contributed by atoms with Crippen LogP contribution < -0.4 is 11.1 Å². The zero-order valence-electron chi connectivity index (χ0n) is 20.0. The number of ketones is 2. The van der Waals surface area contributed by atoms with Gasteiger partial charge in [0.05, 0.1) is 35.4 Å². The summed E-state index contributed by atoms with van der Waals surface area (Å²) in [6, 6.07) is 2.59. The van der Waals surface area contributed by atoms with Gasteiger partial charge in [0.2, 0.25) is 11.8 Å². The number of nitrogens with zero attached hydrogens (tertiary/aromatic N) is 1. The van der Waals surface area contributed by atoms with E-state index < -0.39 is 87.5 Å². The van der Waals surface area contributed by atoms with Crippen molar-refractivity contribution in [2.45, 2.75) is 43.0 Å². The SMILES string of the molecule is CN(C)CC(=O)Nc1ccc2c(c1O)C(=O)C1=C(O)C3(O)C(=O)CC(O)CC3C(O)C1C2(C)C(N)=O. The number of phenols is 1. The topological polar surface area (TPSA) is 211 Å². The third-order valence-electron chi connectivity index (χ3n) is 7.67. The normalized spacial score (nSPS) is 33.6. The molecule has 6 unspecified atom stereocenters. The van der Waals surface area contributed by atoms with Crippen LogP contribution in [-0.4, -0.2) is 92.3 Å². The summed E-state index contributed by atoms with van der Waals surface area (Å²) in [7, 11) is 3.31. The van der Waals surface area contributed by atoms with E-state index in [1.54, 1.807) is 19.0 Å². The lowest BCUT2D eigenvalue weighted by atomic mass is 9.51. The van der Waals surface area contributed by atoms with E-state index in [-0.39, 0.29) is 24.2 Å². The summed E-state index contributed by atoms with van der Waals surface area (Å²) in [4.78, 5) is 53.2. The van der Waals surface area contributed by atoms with Crippen LogP contribution in [0.3, 0.4) is 0 Å². The van der Waals surface area contributed by atoms with Crippen LogP contribution in [0.2, 0.25) is 0 Å². The fraction of sp³-hybridized carbons (Fsp3) is 0.500. The number of fused-ring (bicyclic) bond motifs is 3. The van der Waals surface area contributed by atoms with Crippen molar-refractivity contribution in [3.8, 4) is 5.75 Å². The van der Waals surface area contributed by atoms with Gasteiger partial charge in [0.1, 0.15) is 5.76 Å². The summed E-state index contributed by atoms with van der Waals surface area (Å²) in [5.74, 6) is -8.23. The van der Waals surface area contributed by atoms with Gasteiger partial charge in [0, 0.05) is 23.8 Å². The highest BCUT2D eigenvalue weighted by Crippen LogP contribution is 2.57. The molecule has 6 atom stereocenters. The Morgan fingerprint density at radius 2 is 1.83 bits per heavy atom. The van der Waals surface area contributed by atoms with Crippen molar-refractivity contribution in [1.82, 2.24) is 4.90 Å². The number of carbonyl (C=O) groups excluding carboxylic acids is 4. The standard InChI is InChI=1S/C24H29N3O9/c1-23(22(25)35)10-4-5-12(26-14(30)8-27(2)3)19(32)15(10)20(33)16-17(23)18(31)11-6-9(28)7-13(29)24(11,36)21(16)34/h4-5,9,11,17-18,28,31-32,34,36H,6-8H2,1-3H3,(H2,25,35)(H,26,30). The van der Waals surface area contributed by atoms with E-state index in [1.165, 1.54) is 19.1 Å². The van der Waals surface area contributed by atoms with Crippen molar-refractivity contribution in [3.63, 3.8) is 0 Å². The van der Waals surface area contributed by atoms with E-state index >= 15 is 0 Å². The molecule has 3 aliphatic carbocycles. The number of phenolic OH excluding ortho intramolecular Hbond substituents is 1. The van der Waals surface area contributed by atoms with E-state index in [0.717, 1.165) is 0 Å². The molecule has 194 valence electrons. The first-order valence-electron chi connectivity index (χ1n) is 11.4. The van der Waals surface area contributed by atoms with Gasteiger partial charge in [-0.3, -0.25) is 19.2 Å². The Balaban J connectivity index is 1.97. The average molecular weight is 504 g/mol. The number of hydrogen-bond donors (Lipinski definition) is 7. The average Bonchev–Trinajstić information content (AvgIpc) is 2.77. The van der Waals surface area contributed by atoms with Crippen LogP contribution in [0.5, 0.6) is 5.75 Å². The number of carbonyl (C=O) groups is 4. The number of Topliss-reactive ketones (excluding diaryl/α,β-unsaturated/α-hetero) is 2. The van der Waals surface area contributed by atoms with Gasteiger partial charge in [0.15, 0.2) is 22.9 Å². The number of likely N-dealkylation sites (N-methyl/N-ethyl adjacent to an activating group) is 1. The molecule has 8 N–H and O–H groups in total. The molecule has 36 heavy (non-hydrogen) atoms. The molecule has 0 spiro atoms. The van der Waals surface area contributed by atoms with Crippen LogP contribution in [0.25, 0.3) is 0 Å². The highest BCUT2D eigenvalue weighted by Gasteiger charge is 2.66. The first-order valence-corrected chi connectivity index (χ1v) is 11.4. The number of amides is 2. The summed E-state index contributed by atoms with van der Waals surface area (Å²) in [6.45, 7) is 1.28. The molecule has 4 rings (SSSR count). The Morgan fingerprint density at radius 1 is 1.19 bits per heavy atom. The van der Waals surface area contributed by atoms with Crippen LogP contribution in [0.15, 0.2) is 23.5 Å². The molecule has 1 fully saturated rings. The van der Waals surface area contributed by atoms with E-state index in [4.69, 9.17) is 5.73 Å². The number of nitrogens with one attached hydrogen (secondary N) is 1. The first kappa shape index (κ1) is 25.8. The van der Waals surface area contributed by atoms with Crippen LogP contribution >= 0.6 is 0 Å². The summed E-state index contributed by atoms with van der Waals surface area (Å²) in [6.07, 6.45) is -3.76. The quantitative estimate of drug-likeness (QED) is 0.241. The maximum absolute atomic E-state index is 13.7.